The molecule has 1 aromatic carbocycles. The fourth-order valence-electron chi connectivity index (χ4n) is 4.68. The van der Waals surface area contributed by atoms with Gasteiger partial charge in [-0.15, -0.1) is 0 Å². The number of halogens is 2. The number of nitrogens with zero attached hydrogens (tertiary/aromatic N) is 1. The number of rotatable bonds is 5. The van der Waals surface area contributed by atoms with Gasteiger partial charge in [-0.1, -0.05) is 68.2 Å². The van der Waals surface area contributed by atoms with Gasteiger partial charge in [0.2, 0.25) is 0 Å². The molecule has 1 aliphatic heterocycles. The summed E-state index contributed by atoms with van der Waals surface area (Å²) in [5.74, 6) is -2.98. The Morgan fingerprint density at radius 3 is 2.59 bits per heavy atom. The van der Waals surface area contributed by atoms with E-state index in [0.29, 0.717) is 21.2 Å². The number of thiocarbonyl (C=S) groups is 1. The molecule has 0 spiro atoms. The molecule has 1 saturated carbocycles. The predicted molar refractivity (Wildman–Crippen MR) is 134 cm³/mol. The van der Waals surface area contributed by atoms with Crippen molar-refractivity contribution >= 4 is 45.7 Å². The van der Waals surface area contributed by atoms with Crippen LogP contribution in [0.5, 0.6) is 0 Å². The van der Waals surface area contributed by atoms with Gasteiger partial charge in [0, 0.05) is 11.6 Å². The molecule has 8 heteroatoms. The first-order valence-corrected chi connectivity index (χ1v) is 13.0. The van der Waals surface area contributed by atoms with Crippen molar-refractivity contribution < 1.29 is 23.1 Å². The minimum atomic E-state index is -1.02. The Bertz CT molecular complexity index is 1100. The molecule has 1 aromatic rings. The second-order valence-electron chi connectivity index (χ2n) is 8.67. The van der Waals surface area contributed by atoms with E-state index in [0.717, 1.165) is 37.3 Å². The lowest BCUT2D eigenvalue weighted by molar-refractivity contribution is -0.124. The smallest absolute Gasteiger partial charge is 0.344 e. The van der Waals surface area contributed by atoms with Gasteiger partial charge >= 0.3 is 5.97 Å². The lowest BCUT2D eigenvalue weighted by atomic mass is 9.96. The molecule has 0 aromatic heterocycles. The summed E-state index contributed by atoms with van der Waals surface area (Å²) in [5.41, 5.74) is 0.888. The van der Waals surface area contributed by atoms with Crippen LogP contribution in [0.3, 0.4) is 0 Å². The Labute approximate surface area is 208 Å². The third-order valence-corrected chi connectivity index (χ3v) is 7.72. The normalized spacial score (nSPS) is 20.9. The number of allylic oxidation sites excluding steroid dienone is 5. The molecule has 3 aliphatic rings. The molecule has 0 unspecified atom stereocenters. The molecule has 1 amide bonds. The number of ether oxygens (including phenoxy) is 1. The topological polar surface area (TPSA) is 46.6 Å². The van der Waals surface area contributed by atoms with E-state index in [-0.39, 0.29) is 24.1 Å². The summed E-state index contributed by atoms with van der Waals surface area (Å²) in [4.78, 5) is 27.5. The lowest BCUT2D eigenvalue weighted by Crippen LogP contribution is -2.39. The highest BCUT2D eigenvalue weighted by molar-refractivity contribution is 8.26. The van der Waals surface area contributed by atoms with Gasteiger partial charge in [-0.2, -0.15) is 0 Å². The fraction of sp³-hybridized carbons (Fsp3) is 0.423. The maximum Gasteiger partial charge on any atom is 0.344 e. The number of amides is 1. The number of benzene rings is 1. The monoisotopic (exact) mass is 503 g/mol. The van der Waals surface area contributed by atoms with Crippen molar-refractivity contribution in [3.05, 3.63) is 63.6 Å². The highest BCUT2D eigenvalue weighted by Crippen LogP contribution is 2.39. The van der Waals surface area contributed by atoms with Crippen molar-refractivity contribution in [2.45, 2.75) is 64.3 Å². The zero-order chi connectivity index (χ0) is 24.2. The Morgan fingerprint density at radius 2 is 1.88 bits per heavy atom. The van der Waals surface area contributed by atoms with Gasteiger partial charge < -0.3 is 4.74 Å². The number of esters is 1. The second kappa shape index (κ2) is 11.0. The first kappa shape index (κ1) is 24.8. The molecule has 4 rings (SSSR count). The quantitative estimate of drug-likeness (QED) is 0.254. The lowest BCUT2D eigenvalue weighted by Gasteiger charge is -2.28. The maximum absolute atomic E-state index is 15.0. The molecular weight excluding hydrogens is 476 g/mol. The molecule has 0 N–H and O–H groups in total. The van der Waals surface area contributed by atoms with E-state index in [1.165, 1.54) is 37.1 Å². The van der Waals surface area contributed by atoms with Gasteiger partial charge in [0.15, 0.2) is 0 Å². The summed E-state index contributed by atoms with van der Waals surface area (Å²) in [6, 6.07) is 2.55. The van der Waals surface area contributed by atoms with Crippen molar-refractivity contribution in [2.24, 2.45) is 0 Å². The first-order valence-electron chi connectivity index (χ1n) is 11.7. The zero-order valence-corrected chi connectivity index (χ0v) is 20.7. The highest BCUT2D eigenvalue weighted by Gasteiger charge is 2.37. The van der Waals surface area contributed by atoms with Crippen LogP contribution >= 0.6 is 24.0 Å². The standard InChI is InChI=1S/C26H27F2NO3S2/c1-2-32-25(31)22-20(27)13-12-19(23(22)28)17-11-10-16(14-17)15-21-24(30)29(26(33)34-21)18-8-6-4-3-5-7-9-18/h10-13,15,18H,2-9,14H2,1H3/b21-15-. The van der Waals surface area contributed by atoms with Crippen LogP contribution < -0.4 is 0 Å². The average Bonchev–Trinajstić information content (AvgIpc) is 3.33. The minimum absolute atomic E-state index is 0.0232. The van der Waals surface area contributed by atoms with Crippen LogP contribution in [0.15, 0.2) is 40.8 Å². The number of hydrogen-bond acceptors (Lipinski definition) is 5. The van der Waals surface area contributed by atoms with Crippen LogP contribution in [0.4, 0.5) is 8.78 Å². The van der Waals surface area contributed by atoms with E-state index in [2.05, 4.69) is 0 Å². The summed E-state index contributed by atoms with van der Waals surface area (Å²) >= 11 is 6.86. The van der Waals surface area contributed by atoms with E-state index >= 15 is 4.39 Å². The summed E-state index contributed by atoms with van der Waals surface area (Å²) in [6.45, 7) is 1.60. The van der Waals surface area contributed by atoms with Crippen LogP contribution in [0, 0.1) is 11.6 Å². The van der Waals surface area contributed by atoms with Crippen molar-refractivity contribution in [1.82, 2.24) is 4.90 Å². The third kappa shape index (κ3) is 5.18. The number of carbonyl (C=O) groups excluding carboxylic acids is 2. The highest BCUT2D eigenvalue weighted by atomic mass is 32.2. The van der Waals surface area contributed by atoms with Crippen LogP contribution in [0.25, 0.3) is 5.57 Å². The first-order chi connectivity index (χ1) is 16.4. The molecule has 180 valence electrons. The third-order valence-electron chi connectivity index (χ3n) is 6.39. The van der Waals surface area contributed by atoms with Crippen LogP contribution in [-0.2, 0) is 9.53 Å². The summed E-state index contributed by atoms with van der Waals surface area (Å²) in [6.07, 6.45) is 13.5. The molecule has 0 bridgehead atoms. The Kier molecular flexibility index (Phi) is 7.99. The van der Waals surface area contributed by atoms with E-state index in [1.807, 2.05) is 6.08 Å². The van der Waals surface area contributed by atoms with Gasteiger partial charge in [-0.25, -0.2) is 13.6 Å². The van der Waals surface area contributed by atoms with Crippen molar-refractivity contribution in [3.8, 4) is 0 Å². The average molecular weight is 504 g/mol. The molecule has 1 heterocycles. The molecule has 0 radical (unpaired) electrons. The predicted octanol–water partition coefficient (Wildman–Crippen LogP) is 6.71. The fourth-order valence-corrected chi connectivity index (χ4v) is 6.09. The number of hydrogen-bond donors (Lipinski definition) is 0. The van der Waals surface area contributed by atoms with Crippen molar-refractivity contribution in [2.75, 3.05) is 6.61 Å². The van der Waals surface area contributed by atoms with E-state index in [9.17, 15) is 14.0 Å². The van der Waals surface area contributed by atoms with Crippen molar-refractivity contribution in [1.29, 1.82) is 0 Å². The number of carbonyl (C=O) groups is 2. The van der Waals surface area contributed by atoms with Gasteiger partial charge in [0.25, 0.3) is 5.91 Å². The molecule has 1 saturated heterocycles. The van der Waals surface area contributed by atoms with Gasteiger partial charge in [-0.3, -0.25) is 9.69 Å². The summed E-state index contributed by atoms with van der Waals surface area (Å²) in [5, 5.41) is 0. The summed E-state index contributed by atoms with van der Waals surface area (Å²) < 4.78 is 34.5. The Hall–Kier alpha value is -2.32. The maximum atomic E-state index is 15.0. The molecule has 4 nitrogen and oxygen atoms in total. The summed E-state index contributed by atoms with van der Waals surface area (Å²) in [7, 11) is 0. The van der Waals surface area contributed by atoms with E-state index < -0.39 is 23.2 Å². The number of thioether (sulfide) groups is 1. The van der Waals surface area contributed by atoms with Gasteiger partial charge in [0.05, 0.1) is 11.5 Å². The second-order valence-corrected chi connectivity index (χ2v) is 10.3. The van der Waals surface area contributed by atoms with E-state index in [1.54, 1.807) is 24.0 Å². The van der Waals surface area contributed by atoms with Gasteiger partial charge in [-0.05, 0) is 55.5 Å². The van der Waals surface area contributed by atoms with Crippen LogP contribution in [-0.4, -0.2) is 33.7 Å². The Balaban J connectivity index is 1.48. The molecule has 2 fully saturated rings. The van der Waals surface area contributed by atoms with E-state index in [4.69, 9.17) is 17.0 Å². The van der Waals surface area contributed by atoms with Crippen LogP contribution in [0.2, 0.25) is 0 Å². The SMILES string of the molecule is CCOC(=O)c1c(F)ccc(C2=CC=C(/C=C3\SC(=S)N(C4CCCCCCC4)C3=O)C2)c1F. The molecule has 34 heavy (non-hydrogen) atoms. The Morgan fingerprint density at radius 1 is 1.18 bits per heavy atom. The molecule has 2 aliphatic carbocycles. The zero-order valence-electron chi connectivity index (χ0n) is 19.1. The molecular formula is C26H27F2NO3S2. The van der Waals surface area contributed by atoms with Crippen molar-refractivity contribution in [3.63, 3.8) is 0 Å². The minimum Gasteiger partial charge on any atom is -0.462 e. The van der Waals surface area contributed by atoms with Gasteiger partial charge in [0.1, 0.15) is 21.5 Å². The largest absolute Gasteiger partial charge is 0.462 e. The van der Waals surface area contributed by atoms with Crippen LogP contribution in [0.1, 0.15) is 74.2 Å². The molecule has 0 atom stereocenters.